The maximum atomic E-state index is 13.5. The Labute approximate surface area is 142 Å². The fourth-order valence-electron chi connectivity index (χ4n) is 2.68. The number of rotatable bonds is 4. The van der Waals surface area contributed by atoms with Gasteiger partial charge >= 0.3 is 6.18 Å². The third-order valence-electron chi connectivity index (χ3n) is 3.86. The number of nitrogens with two attached hydrogens (primary N) is 1. The molecule has 25 heavy (non-hydrogen) atoms. The van der Waals surface area contributed by atoms with Gasteiger partial charge in [-0.2, -0.15) is 18.3 Å². The normalized spacial score (nSPS) is 13.0. The molecule has 3 rings (SSSR count). The number of hydrogen-bond donors (Lipinski definition) is 1. The van der Waals surface area contributed by atoms with E-state index in [1.807, 2.05) is 13.0 Å². The molecule has 0 unspecified atom stereocenters. The molecule has 3 aromatic rings. The molecular formula is C17H16F3N5. The molecule has 0 amide bonds. The van der Waals surface area contributed by atoms with Crippen molar-refractivity contribution < 1.29 is 13.2 Å². The van der Waals surface area contributed by atoms with Crippen LogP contribution in [0.5, 0.6) is 0 Å². The maximum Gasteiger partial charge on any atom is 0.433 e. The summed E-state index contributed by atoms with van der Waals surface area (Å²) in [5.74, 6) is 0.0509. The summed E-state index contributed by atoms with van der Waals surface area (Å²) in [6.45, 7) is 1.82. The number of halogens is 3. The van der Waals surface area contributed by atoms with Crippen molar-refractivity contribution in [2.24, 2.45) is 0 Å². The van der Waals surface area contributed by atoms with Gasteiger partial charge in [-0.1, -0.05) is 37.3 Å². The van der Waals surface area contributed by atoms with Crippen LogP contribution in [0.2, 0.25) is 0 Å². The van der Waals surface area contributed by atoms with E-state index in [-0.39, 0.29) is 11.6 Å². The summed E-state index contributed by atoms with van der Waals surface area (Å²) in [5.41, 5.74) is 5.91. The zero-order valence-corrected chi connectivity index (χ0v) is 13.4. The van der Waals surface area contributed by atoms with Crippen molar-refractivity contribution in [1.29, 1.82) is 0 Å². The fourth-order valence-corrected chi connectivity index (χ4v) is 2.68. The number of nitrogens with zero attached hydrogens (tertiary/aromatic N) is 4. The van der Waals surface area contributed by atoms with Gasteiger partial charge in [-0.25, -0.2) is 9.97 Å². The van der Waals surface area contributed by atoms with E-state index in [0.29, 0.717) is 12.0 Å². The second-order valence-electron chi connectivity index (χ2n) is 5.52. The lowest BCUT2D eigenvalue weighted by molar-refractivity contribution is -0.144. The third kappa shape index (κ3) is 3.47. The smallest absolute Gasteiger partial charge is 0.368 e. The summed E-state index contributed by atoms with van der Waals surface area (Å²) in [5, 5.41) is 4.20. The molecule has 0 aliphatic heterocycles. The van der Waals surface area contributed by atoms with Crippen molar-refractivity contribution in [3.8, 4) is 11.3 Å². The largest absolute Gasteiger partial charge is 0.433 e. The molecular weight excluding hydrogens is 331 g/mol. The van der Waals surface area contributed by atoms with E-state index in [1.54, 1.807) is 24.3 Å². The van der Waals surface area contributed by atoms with Crippen LogP contribution in [-0.2, 0) is 6.18 Å². The van der Waals surface area contributed by atoms with Crippen molar-refractivity contribution in [3.05, 3.63) is 60.0 Å². The Morgan fingerprint density at radius 2 is 1.76 bits per heavy atom. The predicted molar refractivity (Wildman–Crippen MR) is 87.5 cm³/mol. The minimum Gasteiger partial charge on any atom is -0.368 e. The molecule has 0 radical (unpaired) electrons. The highest BCUT2D eigenvalue weighted by atomic mass is 19.4. The molecule has 0 aliphatic rings. The zero-order chi connectivity index (χ0) is 18.0. The van der Waals surface area contributed by atoms with Gasteiger partial charge in [0.1, 0.15) is 5.69 Å². The van der Waals surface area contributed by atoms with Crippen LogP contribution in [0.3, 0.4) is 0 Å². The van der Waals surface area contributed by atoms with Crippen LogP contribution in [0.1, 0.15) is 30.6 Å². The monoisotopic (exact) mass is 347 g/mol. The van der Waals surface area contributed by atoms with Gasteiger partial charge in [-0.05, 0) is 18.1 Å². The molecule has 5 nitrogen and oxygen atoms in total. The predicted octanol–water partition coefficient (Wildman–Crippen LogP) is 3.94. The molecule has 130 valence electrons. The minimum atomic E-state index is -4.53. The molecule has 0 saturated heterocycles. The second kappa shape index (κ2) is 6.54. The molecule has 2 heterocycles. The standard InChI is InChI=1S/C17H16F3N5/c1-2-14(11-6-4-3-5-7-11)25-15(17(18,19)20)8-13(24-25)12-9-22-16(21)23-10-12/h3-10,14H,2H2,1H3,(H2,21,22,23)/t14-/m1/s1. The number of benzene rings is 1. The topological polar surface area (TPSA) is 69.6 Å². The van der Waals surface area contributed by atoms with Gasteiger partial charge in [0.2, 0.25) is 5.95 Å². The lowest BCUT2D eigenvalue weighted by Gasteiger charge is -2.20. The average Bonchev–Trinajstić information content (AvgIpc) is 3.03. The Bertz CT molecular complexity index is 841. The first-order valence-electron chi connectivity index (χ1n) is 7.69. The number of alkyl halides is 3. The van der Waals surface area contributed by atoms with E-state index in [4.69, 9.17) is 5.73 Å². The fraction of sp³-hybridized carbons (Fsp3) is 0.235. The Balaban J connectivity index is 2.12. The first kappa shape index (κ1) is 16.9. The molecule has 0 spiro atoms. The summed E-state index contributed by atoms with van der Waals surface area (Å²) in [7, 11) is 0. The van der Waals surface area contributed by atoms with Crippen LogP contribution in [-0.4, -0.2) is 19.7 Å². The molecule has 0 saturated carbocycles. The van der Waals surface area contributed by atoms with Gasteiger partial charge < -0.3 is 5.73 Å². The lowest BCUT2D eigenvalue weighted by atomic mass is 10.0. The second-order valence-corrected chi connectivity index (χ2v) is 5.52. The van der Waals surface area contributed by atoms with Crippen molar-refractivity contribution >= 4 is 5.95 Å². The molecule has 2 N–H and O–H groups in total. The van der Waals surface area contributed by atoms with E-state index >= 15 is 0 Å². The highest BCUT2D eigenvalue weighted by molar-refractivity contribution is 5.58. The van der Waals surface area contributed by atoms with E-state index in [2.05, 4.69) is 15.1 Å². The zero-order valence-electron chi connectivity index (χ0n) is 13.4. The van der Waals surface area contributed by atoms with Crippen LogP contribution in [0, 0.1) is 0 Å². The Morgan fingerprint density at radius 3 is 2.32 bits per heavy atom. The van der Waals surface area contributed by atoms with Gasteiger partial charge in [0.05, 0.1) is 11.7 Å². The van der Waals surface area contributed by atoms with Crippen LogP contribution >= 0.6 is 0 Å². The van der Waals surface area contributed by atoms with E-state index in [9.17, 15) is 13.2 Å². The quantitative estimate of drug-likeness (QED) is 0.776. The summed E-state index contributed by atoms with van der Waals surface area (Å²) in [6.07, 6.45) is -1.34. The maximum absolute atomic E-state index is 13.5. The minimum absolute atomic E-state index is 0.0509. The first-order chi connectivity index (χ1) is 11.9. The molecule has 0 fully saturated rings. The van der Waals surface area contributed by atoms with Gasteiger partial charge in [0.25, 0.3) is 0 Å². The van der Waals surface area contributed by atoms with E-state index < -0.39 is 17.9 Å². The summed E-state index contributed by atoms with van der Waals surface area (Å²) in [4.78, 5) is 7.63. The van der Waals surface area contributed by atoms with E-state index in [0.717, 1.165) is 16.3 Å². The molecule has 1 aromatic carbocycles. The van der Waals surface area contributed by atoms with Gasteiger partial charge in [0.15, 0.2) is 0 Å². The van der Waals surface area contributed by atoms with Crippen LogP contribution in [0.25, 0.3) is 11.3 Å². The van der Waals surface area contributed by atoms with Gasteiger partial charge in [0, 0.05) is 18.0 Å². The molecule has 2 aromatic heterocycles. The number of hydrogen-bond acceptors (Lipinski definition) is 4. The van der Waals surface area contributed by atoms with E-state index in [1.165, 1.54) is 12.4 Å². The first-order valence-corrected chi connectivity index (χ1v) is 7.69. The van der Waals surface area contributed by atoms with Gasteiger partial charge in [-0.3, -0.25) is 4.68 Å². The average molecular weight is 347 g/mol. The summed E-state index contributed by atoms with van der Waals surface area (Å²) in [6, 6.07) is 9.49. The Morgan fingerprint density at radius 1 is 1.12 bits per heavy atom. The van der Waals surface area contributed by atoms with Crippen LogP contribution < -0.4 is 5.73 Å². The highest BCUT2D eigenvalue weighted by Gasteiger charge is 2.37. The van der Waals surface area contributed by atoms with Crippen molar-refractivity contribution in [3.63, 3.8) is 0 Å². The van der Waals surface area contributed by atoms with Crippen LogP contribution in [0.15, 0.2) is 48.8 Å². The van der Waals surface area contributed by atoms with Crippen molar-refractivity contribution in [2.75, 3.05) is 5.73 Å². The molecule has 8 heteroatoms. The molecule has 1 atom stereocenters. The number of aromatic nitrogens is 4. The van der Waals surface area contributed by atoms with Crippen LogP contribution in [0.4, 0.5) is 19.1 Å². The Kier molecular flexibility index (Phi) is 4.43. The molecule has 0 bridgehead atoms. The lowest BCUT2D eigenvalue weighted by Crippen LogP contribution is -2.20. The van der Waals surface area contributed by atoms with Crippen molar-refractivity contribution in [2.45, 2.75) is 25.6 Å². The summed E-state index contributed by atoms with van der Waals surface area (Å²) < 4.78 is 41.7. The molecule has 0 aliphatic carbocycles. The third-order valence-corrected chi connectivity index (χ3v) is 3.86. The summed E-state index contributed by atoms with van der Waals surface area (Å²) >= 11 is 0. The highest BCUT2D eigenvalue weighted by Crippen LogP contribution is 2.36. The van der Waals surface area contributed by atoms with Gasteiger partial charge in [-0.15, -0.1) is 0 Å². The Hall–Kier alpha value is -2.90. The number of anilines is 1. The van der Waals surface area contributed by atoms with Crippen molar-refractivity contribution in [1.82, 2.24) is 19.7 Å². The number of nitrogen functional groups attached to an aromatic ring is 1. The SMILES string of the molecule is CC[C@H](c1ccccc1)n1nc(-c2cnc(N)nc2)cc1C(F)(F)F.